The Hall–Kier alpha value is -0.410. The zero-order valence-electron chi connectivity index (χ0n) is 13.3. The van der Waals surface area contributed by atoms with Gasteiger partial charge in [0.05, 0.1) is 10.7 Å². The molecule has 0 fully saturated rings. The summed E-state index contributed by atoms with van der Waals surface area (Å²) < 4.78 is 0. The summed E-state index contributed by atoms with van der Waals surface area (Å²) in [4.78, 5) is 4.75. The van der Waals surface area contributed by atoms with Crippen molar-refractivity contribution in [2.75, 3.05) is 0 Å². The average molecular weight is 282 g/mol. The smallest absolute Gasteiger partial charge is 0.0982 e. The Balaban J connectivity index is 2.47. The van der Waals surface area contributed by atoms with E-state index < -0.39 is 0 Å². The first-order chi connectivity index (χ1) is 8.97. The Morgan fingerprint density at radius 2 is 1.95 bits per heavy atom. The fraction of sp³-hybridized carbons (Fsp3) is 0.812. The Morgan fingerprint density at radius 1 is 1.21 bits per heavy atom. The van der Waals surface area contributed by atoms with Gasteiger partial charge >= 0.3 is 0 Å². The average Bonchev–Trinajstić information content (AvgIpc) is 2.81. The van der Waals surface area contributed by atoms with E-state index in [0.717, 1.165) is 6.54 Å². The summed E-state index contributed by atoms with van der Waals surface area (Å²) in [5, 5.41) is 7.13. The predicted octanol–water partition coefficient (Wildman–Crippen LogP) is 4.89. The van der Waals surface area contributed by atoms with Gasteiger partial charge in [0, 0.05) is 23.4 Å². The number of hydrogen-bond acceptors (Lipinski definition) is 3. The van der Waals surface area contributed by atoms with E-state index in [1.165, 1.54) is 42.8 Å². The molecule has 1 N–H and O–H groups in total. The van der Waals surface area contributed by atoms with Crippen molar-refractivity contribution in [3.8, 4) is 0 Å². The SMILES string of the molecule is CCCCC(CCC)NCc1csc(C(C)(C)C)n1. The summed E-state index contributed by atoms with van der Waals surface area (Å²) in [6.07, 6.45) is 6.43. The van der Waals surface area contributed by atoms with E-state index in [0.29, 0.717) is 6.04 Å². The van der Waals surface area contributed by atoms with Crippen molar-refractivity contribution in [3.63, 3.8) is 0 Å². The van der Waals surface area contributed by atoms with Gasteiger partial charge in [-0.3, -0.25) is 0 Å². The van der Waals surface area contributed by atoms with Gasteiger partial charge in [-0.25, -0.2) is 4.98 Å². The van der Waals surface area contributed by atoms with Crippen LogP contribution in [0.25, 0.3) is 0 Å². The minimum absolute atomic E-state index is 0.175. The first-order valence-corrected chi connectivity index (χ1v) is 8.53. The first-order valence-electron chi connectivity index (χ1n) is 7.65. The molecule has 0 aromatic carbocycles. The lowest BCUT2D eigenvalue weighted by atomic mass is 9.98. The molecule has 1 rings (SSSR count). The van der Waals surface area contributed by atoms with Gasteiger partial charge in [0.25, 0.3) is 0 Å². The number of unbranched alkanes of at least 4 members (excludes halogenated alkanes) is 1. The van der Waals surface area contributed by atoms with Crippen LogP contribution in [-0.2, 0) is 12.0 Å². The van der Waals surface area contributed by atoms with E-state index in [2.05, 4.69) is 45.3 Å². The minimum atomic E-state index is 0.175. The van der Waals surface area contributed by atoms with E-state index >= 15 is 0 Å². The molecule has 1 unspecified atom stereocenters. The third-order valence-corrected chi connectivity index (χ3v) is 4.63. The number of nitrogens with one attached hydrogen (secondary N) is 1. The summed E-state index contributed by atoms with van der Waals surface area (Å²) in [5.41, 5.74) is 1.38. The highest BCUT2D eigenvalue weighted by Gasteiger charge is 2.18. The van der Waals surface area contributed by atoms with Crippen molar-refractivity contribution in [1.82, 2.24) is 10.3 Å². The Morgan fingerprint density at radius 3 is 2.47 bits per heavy atom. The highest BCUT2D eigenvalue weighted by atomic mass is 32.1. The van der Waals surface area contributed by atoms with Gasteiger partial charge in [-0.2, -0.15) is 0 Å². The molecule has 0 saturated heterocycles. The number of thiazole rings is 1. The van der Waals surface area contributed by atoms with Crippen LogP contribution in [-0.4, -0.2) is 11.0 Å². The van der Waals surface area contributed by atoms with Crippen LogP contribution in [0.3, 0.4) is 0 Å². The van der Waals surface area contributed by atoms with Crippen LogP contribution in [0.5, 0.6) is 0 Å². The van der Waals surface area contributed by atoms with Crippen molar-refractivity contribution in [3.05, 3.63) is 16.1 Å². The fourth-order valence-corrected chi connectivity index (χ4v) is 3.04. The standard InChI is InChI=1S/C16H30N2S/c1-6-8-10-13(9-7-2)17-11-14-12-19-15(18-14)16(3,4)5/h12-13,17H,6-11H2,1-5H3. The lowest BCUT2D eigenvalue weighted by molar-refractivity contribution is 0.431. The molecule has 2 nitrogen and oxygen atoms in total. The molecule has 1 aromatic rings. The maximum absolute atomic E-state index is 4.75. The molecule has 0 radical (unpaired) electrons. The lowest BCUT2D eigenvalue weighted by Crippen LogP contribution is -2.28. The van der Waals surface area contributed by atoms with Crippen LogP contribution in [0.15, 0.2) is 5.38 Å². The largest absolute Gasteiger partial charge is 0.308 e. The summed E-state index contributed by atoms with van der Waals surface area (Å²) in [7, 11) is 0. The van der Waals surface area contributed by atoms with Crippen molar-refractivity contribution >= 4 is 11.3 Å². The van der Waals surface area contributed by atoms with Crippen molar-refractivity contribution < 1.29 is 0 Å². The predicted molar refractivity (Wildman–Crippen MR) is 85.9 cm³/mol. The van der Waals surface area contributed by atoms with Gasteiger partial charge < -0.3 is 5.32 Å². The second kappa shape index (κ2) is 8.01. The highest BCUT2D eigenvalue weighted by Crippen LogP contribution is 2.25. The maximum atomic E-state index is 4.75. The Bertz CT molecular complexity index is 352. The molecule has 0 aliphatic heterocycles. The number of rotatable bonds is 8. The summed E-state index contributed by atoms with van der Waals surface area (Å²) in [5.74, 6) is 0. The van der Waals surface area contributed by atoms with E-state index in [9.17, 15) is 0 Å². The molecule has 0 aliphatic carbocycles. The third kappa shape index (κ3) is 6.05. The van der Waals surface area contributed by atoms with E-state index in [1.54, 1.807) is 11.3 Å². The van der Waals surface area contributed by atoms with E-state index in [-0.39, 0.29) is 5.41 Å². The molecular formula is C16H30N2S. The highest BCUT2D eigenvalue weighted by molar-refractivity contribution is 7.09. The first kappa shape index (κ1) is 16.6. The topological polar surface area (TPSA) is 24.9 Å². The summed E-state index contributed by atoms with van der Waals surface area (Å²) in [6, 6.07) is 0.657. The summed E-state index contributed by atoms with van der Waals surface area (Å²) >= 11 is 1.79. The molecule has 0 bridgehead atoms. The lowest BCUT2D eigenvalue weighted by Gasteiger charge is -2.17. The zero-order valence-corrected chi connectivity index (χ0v) is 14.1. The molecule has 1 atom stereocenters. The zero-order chi connectivity index (χ0) is 14.3. The van der Waals surface area contributed by atoms with Crippen LogP contribution >= 0.6 is 11.3 Å². The van der Waals surface area contributed by atoms with Gasteiger partial charge in [-0.1, -0.05) is 53.9 Å². The van der Waals surface area contributed by atoms with Crippen molar-refractivity contribution in [2.24, 2.45) is 0 Å². The molecule has 0 amide bonds. The van der Waals surface area contributed by atoms with Gasteiger partial charge in [-0.15, -0.1) is 11.3 Å². The maximum Gasteiger partial charge on any atom is 0.0982 e. The van der Waals surface area contributed by atoms with E-state index in [4.69, 9.17) is 4.98 Å². The van der Waals surface area contributed by atoms with Gasteiger partial charge in [-0.05, 0) is 12.8 Å². The summed E-state index contributed by atoms with van der Waals surface area (Å²) in [6.45, 7) is 12.1. The minimum Gasteiger partial charge on any atom is -0.308 e. The molecule has 3 heteroatoms. The molecule has 0 saturated carbocycles. The van der Waals surface area contributed by atoms with Gasteiger partial charge in [0.1, 0.15) is 0 Å². The van der Waals surface area contributed by atoms with Gasteiger partial charge in [0.15, 0.2) is 0 Å². The second-order valence-electron chi connectivity index (χ2n) is 6.40. The van der Waals surface area contributed by atoms with Crippen LogP contribution in [0.4, 0.5) is 0 Å². The molecule has 0 aliphatic rings. The Labute approximate surface area is 123 Å². The van der Waals surface area contributed by atoms with E-state index in [1.807, 2.05) is 0 Å². The van der Waals surface area contributed by atoms with Gasteiger partial charge in [0.2, 0.25) is 0 Å². The molecule has 1 aromatic heterocycles. The number of nitrogens with zero attached hydrogens (tertiary/aromatic N) is 1. The number of aromatic nitrogens is 1. The van der Waals surface area contributed by atoms with Crippen molar-refractivity contribution in [1.29, 1.82) is 0 Å². The molecular weight excluding hydrogens is 252 g/mol. The quantitative estimate of drug-likeness (QED) is 0.734. The van der Waals surface area contributed by atoms with Crippen LogP contribution in [0.1, 0.15) is 77.4 Å². The van der Waals surface area contributed by atoms with Crippen molar-refractivity contribution in [2.45, 2.75) is 84.7 Å². The Kier molecular flexibility index (Phi) is 7.01. The molecule has 110 valence electrons. The van der Waals surface area contributed by atoms with Crippen LogP contribution in [0.2, 0.25) is 0 Å². The molecule has 19 heavy (non-hydrogen) atoms. The monoisotopic (exact) mass is 282 g/mol. The number of hydrogen-bond donors (Lipinski definition) is 1. The second-order valence-corrected chi connectivity index (χ2v) is 7.26. The van der Waals surface area contributed by atoms with Crippen LogP contribution in [0, 0.1) is 0 Å². The third-order valence-electron chi connectivity index (χ3n) is 3.31. The molecule has 1 heterocycles. The fourth-order valence-electron chi connectivity index (χ4n) is 2.13. The van der Waals surface area contributed by atoms with Crippen LogP contribution < -0.4 is 5.32 Å². The normalized spacial score (nSPS) is 13.7. The molecule has 0 spiro atoms.